The predicted octanol–water partition coefficient (Wildman–Crippen LogP) is -0.413. The summed E-state index contributed by atoms with van der Waals surface area (Å²) in [5, 5.41) is 32.5. The molecule has 0 aromatic carbocycles. The van der Waals surface area contributed by atoms with Crippen molar-refractivity contribution in [2.24, 2.45) is 11.8 Å². The second kappa shape index (κ2) is 9.05. The minimum Gasteiger partial charge on any atom is -0.394 e. The molecule has 0 aliphatic carbocycles. The third kappa shape index (κ3) is 4.98. The third-order valence-electron chi connectivity index (χ3n) is 4.85. The average molecular weight is 361 g/mol. The van der Waals surface area contributed by atoms with Crippen LogP contribution in [0.5, 0.6) is 0 Å². The molecule has 0 saturated carbocycles. The molecular formula is C17H31NO7. The molecule has 1 rings (SSSR count). The van der Waals surface area contributed by atoms with E-state index in [2.05, 4.69) is 5.32 Å². The second-order valence-corrected chi connectivity index (χ2v) is 7.11. The van der Waals surface area contributed by atoms with Gasteiger partial charge in [0, 0.05) is 6.92 Å². The van der Waals surface area contributed by atoms with E-state index in [0.717, 1.165) is 0 Å². The monoisotopic (exact) mass is 361 g/mol. The Kier molecular flexibility index (Phi) is 7.95. The molecule has 1 saturated heterocycles. The molecule has 0 aromatic heterocycles. The van der Waals surface area contributed by atoms with E-state index in [1.54, 1.807) is 6.92 Å². The van der Waals surface area contributed by atoms with Crippen molar-refractivity contribution in [3.05, 3.63) is 0 Å². The van der Waals surface area contributed by atoms with E-state index in [0.29, 0.717) is 12.7 Å². The minimum absolute atomic E-state index is 0.134. The smallest absolute Gasteiger partial charge is 0.217 e. The van der Waals surface area contributed by atoms with Crippen molar-refractivity contribution in [2.45, 2.75) is 77.3 Å². The first-order chi connectivity index (χ1) is 11.6. The normalized spacial score (nSPS) is 33.6. The number of ether oxygens (including phenoxy) is 2. The number of amides is 1. The molecule has 0 bridgehead atoms. The molecular weight excluding hydrogens is 330 g/mol. The number of aliphatic hydroxyl groups is 3. The number of aliphatic hydroxyl groups excluding tert-OH is 3. The van der Waals surface area contributed by atoms with Gasteiger partial charge in [-0.15, -0.1) is 0 Å². The summed E-state index contributed by atoms with van der Waals surface area (Å²) in [6, 6.07) is -1.07. The van der Waals surface area contributed by atoms with Gasteiger partial charge in [-0.2, -0.15) is 0 Å². The van der Waals surface area contributed by atoms with Gasteiger partial charge in [0.2, 0.25) is 5.91 Å². The van der Waals surface area contributed by atoms with Gasteiger partial charge in [-0.3, -0.25) is 4.79 Å². The molecule has 1 aliphatic rings. The number of carbonyl (C=O) groups is 2. The lowest BCUT2D eigenvalue weighted by Gasteiger charge is -2.47. The van der Waals surface area contributed by atoms with E-state index in [-0.39, 0.29) is 11.8 Å². The van der Waals surface area contributed by atoms with E-state index < -0.39 is 48.8 Å². The highest BCUT2D eigenvalue weighted by Crippen LogP contribution is 2.34. The molecule has 7 atom stereocenters. The summed E-state index contributed by atoms with van der Waals surface area (Å²) in [4.78, 5) is 23.3. The van der Waals surface area contributed by atoms with Crippen molar-refractivity contribution in [2.75, 3.05) is 6.61 Å². The average Bonchev–Trinajstić information content (AvgIpc) is 2.53. The molecule has 8 heteroatoms. The molecule has 0 spiro atoms. The summed E-state index contributed by atoms with van der Waals surface area (Å²) in [7, 11) is 0. The maximum atomic E-state index is 11.8. The topological polar surface area (TPSA) is 125 Å². The van der Waals surface area contributed by atoms with Crippen molar-refractivity contribution in [3.8, 4) is 0 Å². The van der Waals surface area contributed by atoms with Crippen LogP contribution in [0.3, 0.4) is 0 Å². The highest BCUT2D eigenvalue weighted by atomic mass is 16.6. The molecule has 1 fully saturated rings. The highest BCUT2D eigenvalue weighted by molar-refractivity contribution is 5.73. The number of carbonyl (C=O) groups excluding carboxylic acids is 2. The maximum absolute atomic E-state index is 11.8. The van der Waals surface area contributed by atoms with Crippen LogP contribution in [0.25, 0.3) is 0 Å². The Labute approximate surface area is 148 Å². The van der Waals surface area contributed by atoms with Gasteiger partial charge in [0.15, 0.2) is 12.6 Å². The van der Waals surface area contributed by atoms with Crippen LogP contribution in [0, 0.1) is 11.8 Å². The van der Waals surface area contributed by atoms with Crippen LogP contribution in [0.2, 0.25) is 0 Å². The largest absolute Gasteiger partial charge is 0.394 e. The van der Waals surface area contributed by atoms with Crippen LogP contribution in [-0.2, 0) is 19.1 Å². The maximum Gasteiger partial charge on any atom is 0.217 e. The number of hydrogen-bond donors (Lipinski definition) is 4. The molecule has 0 aromatic rings. The summed E-state index contributed by atoms with van der Waals surface area (Å²) in [6.07, 6.45) is -3.65. The van der Waals surface area contributed by atoms with Gasteiger partial charge in [0.25, 0.3) is 0 Å². The molecule has 25 heavy (non-hydrogen) atoms. The summed E-state index contributed by atoms with van der Waals surface area (Å²) < 4.78 is 11.1. The third-order valence-corrected chi connectivity index (χ3v) is 4.85. The molecule has 8 nitrogen and oxygen atoms in total. The van der Waals surface area contributed by atoms with Gasteiger partial charge in [0.05, 0.1) is 6.61 Å². The van der Waals surface area contributed by atoms with Gasteiger partial charge in [0.1, 0.15) is 30.0 Å². The van der Waals surface area contributed by atoms with Crippen molar-refractivity contribution in [3.63, 3.8) is 0 Å². The lowest BCUT2D eigenvalue weighted by atomic mass is 9.79. The molecule has 4 N–H and O–H groups in total. The zero-order valence-corrected chi connectivity index (χ0v) is 15.5. The summed E-state index contributed by atoms with van der Waals surface area (Å²) in [5.74, 6) is -0.447. The van der Waals surface area contributed by atoms with E-state index >= 15 is 0 Å². The van der Waals surface area contributed by atoms with Gasteiger partial charge in [-0.05, 0) is 25.2 Å². The fourth-order valence-corrected chi connectivity index (χ4v) is 3.65. The second-order valence-electron chi connectivity index (χ2n) is 7.11. The first kappa shape index (κ1) is 22.0. The fourth-order valence-electron chi connectivity index (χ4n) is 3.65. The zero-order chi connectivity index (χ0) is 19.4. The molecule has 2 unspecified atom stereocenters. The number of nitrogens with one attached hydrogen (secondary N) is 1. The van der Waals surface area contributed by atoms with Gasteiger partial charge in [-0.1, -0.05) is 20.8 Å². The van der Waals surface area contributed by atoms with Crippen LogP contribution in [0.4, 0.5) is 0 Å². The molecule has 1 amide bonds. The van der Waals surface area contributed by atoms with Crippen molar-refractivity contribution in [1.29, 1.82) is 0 Å². The summed E-state index contributed by atoms with van der Waals surface area (Å²) in [5.41, 5.74) is -1.23. The van der Waals surface area contributed by atoms with Gasteiger partial charge in [-0.25, -0.2) is 0 Å². The van der Waals surface area contributed by atoms with Gasteiger partial charge >= 0.3 is 0 Å². The van der Waals surface area contributed by atoms with E-state index in [4.69, 9.17) is 9.47 Å². The molecule has 146 valence electrons. The summed E-state index contributed by atoms with van der Waals surface area (Å²) >= 11 is 0. The quantitative estimate of drug-likeness (QED) is 0.433. The van der Waals surface area contributed by atoms with Crippen LogP contribution in [0.1, 0.15) is 41.0 Å². The van der Waals surface area contributed by atoms with E-state index in [9.17, 15) is 24.9 Å². The number of aldehydes is 1. The fraction of sp³-hybridized carbons (Fsp3) is 0.882. The Morgan fingerprint density at radius 1 is 1.40 bits per heavy atom. The lowest BCUT2D eigenvalue weighted by Crippen LogP contribution is -2.66. The lowest BCUT2D eigenvalue weighted by molar-refractivity contribution is -0.279. The standard InChI is InChI=1S/C17H31NO7/c1-6-11(9(2)3)17(5,8-20)25-15-13(18-10(4)21)16(23)24-12(7-19)14(15)22/h8-9,11-16,19,22-23H,6-7H2,1-5H3,(H,18,21)/t11?,12-,13-,14-,15-,16?,17+/m1/s1. The van der Waals surface area contributed by atoms with Gasteiger partial charge < -0.3 is 34.9 Å². The first-order valence-corrected chi connectivity index (χ1v) is 8.64. The van der Waals surface area contributed by atoms with Crippen LogP contribution >= 0.6 is 0 Å². The summed E-state index contributed by atoms with van der Waals surface area (Å²) in [6.45, 7) is 8.22. The highest BCUT2D eigenvalue weighted by Gasteiger charge is 2.50. The first-order valence-electron chi connectivity index (χ1n) is 8.64. The minimum atomic E-state index is -1.48. The number of hydrogen-bond acceptors (Lipinski definition) is 7. The van der Waals surface area contributed by atoms with E-state index in [1.807, 2.05) is 20.8 Å². The van der Waals surface area contributed by atoms with Crippen molar-refractivity contribution < 1.29 is 34.4 Å². The molecule has 1 aliphatic heterocycles. The van der Waals surface area contributed by atoms with Crippen LogP contribution < -0.4 is 5.32 Å². The van der Waals surface area contributed by atoms with E-state index in [1.165, 1.54) is 6.92 Å². The number of rotatable bonds is 8. The van der Waals surface area contributed by atoms with Crippen molar-refractivity contribution in [1.82, 2.24) is 5.32 Å². The zero-order valence-electron chi connectivity index (χ0n) is 15.5. The Hall–Kier alpha value is -1.06. The van der Waals surface area contributed by atoms with Crippen molar-refractivity contribution >= 4 is 12.2 Å². The Balaban J connectivity index is 3.19. The van der Waals surface area contributed by atoms with Crippen LogP contribution in [0.15, 0.2) is 0 Å². The molecule has 1 heterocycles. The molecule has 0 radical (unpaired) electrons. The predicted molar refractivity (Wildman–Crippen MR) is 89.5 cm³/mol. The Morgan fingerprint density at radius 3 is 2.40 bits per heavy atom. The Bertz CT molecular complexity index is 458. The SMILES string of the molecule is CCC(C(C)C)[C@](C)(C=O)O[C@H]1[C@H](O)[C@@H](CO)OC(O)[C@@H]1NC(C)=O. The van der Waals surface area contributed by atoms with Crippen LogP contribution in [-0.4, -0.2) is 70.4 Å². The Morgan fingerprint density at radius 2 is 2.00 bits per heavy atom.